The van der Waals surface area contributed by atoms with Crippen molar-refractivity contribution < 1.29 is 9.53 Å². The number of fused-ring (bicyclic) bond motifs is 1. The number of carbonyl (C=O) groups is 1. The Labute approximate surface area is 166 Å². The molecule has 9 nitrogen and oxygen atoms in total. The van der Waals surface area contributed by atoms with E-state index in [1.807, 2.05) is 0 Å². The van der Waals surface area contributed by atoms with Crippen LogP contribution >= 0.6 is 0 Å². The van der Waals surface area contributed by atoms with Crippen LogP contribution in [0.1, 0.15) is 22.2 Å². The van der Waals surface area contributed by atoms with Crippen LogP contribution in [0, 0.1) is 0 Å². The van der Waals surface area contributed by atoms with Gasteiger partial charge in [0.05, 0.1) is 18.8 Å². The van der Waals surface area contributed by atoms with Gasteiger partial charge in [0.25, 0.3) is 11.5 Å². The van der Waals surface area contributed by atoms with Gasteiger partial charge in [-0.1, -0.05) is 0 Å². The first-order valence-corrected chi connectivity index (χ1v) is 9.20. The molecule has 9 heteroatoms. The number of methoxy groups -OCH3 is 1. The minimum Gasteiger partial charge on any atom is -0.480 e. The SMILES string of the molecule is COc1ncccc1C(=O)NC1CNCCn2c1nc(-c1ccncc1)cc2=O. The van der Waals surface area contributed by atoms with Crippen LogP contribution in [0.25, 0.3) is 11.3 Å². The van der Waals surface area contributed by atoms with Gasteiger partial charge in [-0.15, -0.1) is 0 Å². The summed E-state index contributed by atoms with van der Waals surface area (Å²) in [5.41, 5.74) is 1.49. The van der Waals surface area contributed by atoms with Crippen molar-refractivity contribution in [1.29, 1.82) is 0 Å². The molecule has 0 saturated heterocycles. The van der Waals surface area contributed by atoms with Crippen LogP contribution in [0.15, 0.2) is 53.7 Å². The quantitative estimate of drug-likeness (QED) is 0.675. The number of hydrogen-bond donors (Lipinski definition) is 2. The molecule has 0 spiro atoms. The van der Waals surface area contributed by atoms with Gasteiger partial charge in [0.2, 0.25) is 5.88 Å². The van der Waals surface area contributed by atoms with E-state index in [9.17, 15) is 9.59 Å². The van der Waals surface area contributed by atoms with Gasteiger partial charge < -0.3 is 15.4 Å². The Kier molecular flexibility index (Phi) is 5.30. The van der Waals surface area contributed by atoms with E-state index >= 15 is 0 Å². The lowest BCUT2D eigenvalue weighted by Crippen LogP contribution is -2.37. The summed E-state index contributed by atoms with van der Waals surface area (Å²) in [4.78, 5) is 38.4. The molecule has 0 bridgehead atoms. The Bertz CT molecular complexity index is 1080. The molecule has 29 heavy (non-hydrogen) atoms. The highest BCUT2D eigenvalue weighted by Crippen LogP contribution is 2.20. The van der Waals surface area contributed by atoms with Gasteiger partial charge in [-0.05, 0) is 24.3 Å². The highest BCUT2D eigenvalue weighted by molar-refractivity contribution is 5.96. The zero-order valence-corrected chi connectivity index (χ0v) is 15.8. The van der Waals surface area contributed by atoms with E-state index in [1.54, 1.807) is 47.4 Å². The van der Waals surface area contributed by atoms with E-state index in [-0.39, 0.29) is 17.3 Å². The van der Waals surface area contributed by atoms with E-state index in [0.29, 0.717) is 36.7 Å². The van der Waals surface area contributed by atoms with Crippen molar-refractivity contribution in [3.8, 4) is 17.1 Å². The monoisotopic (exact) mass is 392 g/mol. The Morgan fingerprint density at radius 1 is 1.28 bits per heavy atom. The number of ether oxygens (including phenoxy) is 1. The van der Waals surface area contributed by atoms with Crippen LogP contribution in [0.3, 0.4) is 0 Å². The third-order valence-corrected chi connectivity index (χ3v) is 4.70. The van der Waals surface area contributed by atoms with Gasteiger partial charge in [-0.3, -0.25) is 19.1 Å². The third kappa shape index (κ3) is 3.85. The first kappa shape index (κ1) is 18.8. The molecule has 1 aliphatic rings. The molecule has 1 atom stereocenters. The van der Waals surface area contributed by atoms with Gasteiger partial charge in [0, 0.05) is 49.9 Å². The molecular weight excluding hydrogens is 372 g/mol. The summed E-state index contributed by atoms with van der Waals surface area (Å²) in [5.74, 6) is 0.395. The molecule has 4 rings (SSSR count). The normalized spacial score (nSPS) is 15.8. The van der Waals surface area contributed by atoms with Crippen LogP contribution in [0.2, 0.25) is 0 Å². The molecular formula is C20H20N6O3. The molecule has 148 valence electrons. The molecule has 1 amide bonds. The van der Waals surface area contributed by atoms with Crippen LogP contribution in [-0.4, -0.2) is 45.6 Å². The van der Waals surface area contributed by atoms with Gasteiger partial charge in [-0.2, -0.15) is 0 Å². The fourth-order valence-corrected chi connectivity index (χ4v) is 3.29. The molecule has 0 saturated carbocycles. The molecule has 0 aliphatic carbocycles. The molecule has 2 N–H and O–H groups in total. The number of nitrogens with one attached hydrogen (secondary N) is 2. The van der Waals surface area contributed by atoms with Crippen molar-refractivity contribution in [2.24, 2.45) is 0 Å². The lowest BCUT2D eigenvalue weighted by Gasteiger charge is -2.20. The predicted octanol–water partition coefficient (Wildman–Crippen LogP) is 0.783. The zero-order valence-electron chi connectivity index (χ0n) is 15.8. The second-order valence-electron chi connectivity index (χ2n) is 6.52. The fourth-order valence-electron chi connectivity index (χ4n) is 3.29. The van der Waals surface area contributed by atoms with Crippen molar-refractivity contribution in [3.63, 3.8) is 0 Å². The summed E-state index contributed by atoms with van der Waals surface area (Å²) >= 11 is 0. The maximum Gasteiger partial charge on any atom is 0.257 e. The summed E-state index contributed by atoms with van der Waals surface area (Å²) in [6.07, 6.45) is 4.85. The zero-order chi connectivity index (χ0) is 20.2. The first-order valence-electron chi connectivity index (χ1n) is 9.20. The van der Waals surface area contributed by atoms with Crippen molar-refractivity contribution >= 4 is 5.91 Å². The Hall–Kier alpha value is -3.59. The number of amides is 1. The Balaban J connectivity index is 1.72. The van der Waals surface area contributed by atoms with Gasteiger partial charge in [0.1, 0.15) is 11.4 Å². The van der Waals surface area contributed by atoms with Gasteiger partial charge in [0.15, 0.2) is 0 Å². The maximum absolute atomic E-state index is 12.9. The number of rotatable bonds is 4. The number of pyridine rings is 2. The van der Waals surface area contributed by atoms with E-state index in [4.69, 9.17) is 9.72 Å². The highest BCUT2D eigenvalue weighted by Gasteiger charge is 2.25. The van der Waals surface area contributed by atoms with Crippen molar-refractivity contribution in [3.05, 3.63) is 70.7 Å². The molecule has 0 radical (unpaired) electrons. The first-order chi connectivity index (χ1) is 14.2. The number of nitrogens with zero attached hydrogens (tertiary/aromatic N) is 4. The molecule has 0 aromatic carbocycles. The highest BCUT2D eigenvalue weighted by atomic mass is 16.5. The second kappa shape index (κ2) is 8.19. The summed E-state index contributed by atoms with van der Waals surface area (Å²) in [5, 5.41) is 6.20. The standard InChI is InChI=1S/C20H20N6O3/c1-29-20-14(3-2-6-23-20)19(28)25-16-12-22-9-10-26-17(27)11-15(24-18(16)26)13-4-7-21-8-5-13/h2-8,11,16,22H,9-10,12H2,1H3,(H,25,28). The molecule has 0 fully saturated rings. The summed E-state index contributed by atoms with van der Waals surface area (Å²) < 4.78 is 6.77. The minimum absolute atomic E-state index is 0.163. The Morgan fingerprint density at radius 2 is 2.10 bits per heavy atom. The average molecular weight is 392 g/mol. The van der Waals surface area contributed by atoms with E-state index in [2.05, 4.69) is 20.6 Å². The summed E-state index contributed by atoms with van der Waals surface area (Å²) in [7, 11) is 1.46. The topological polar surface area (TPSA) is 111 Å². The number of carbonyl (C=O) groups excluding carboxylic acids is 1. The van der Waals surface area contributed by atoms with Crippen LogP contribution in [0.5, 0.6) is 5.88 Å². The van der Waals surface area contributed by atoms with Crippen molar-refractivity contribution in [2.45, 2.75) is 12.6 Å². The second-order valence-corrected chi connectivity index (χ2v) is 6.52. The van der Waals surface area contributed by atoms with E-state index < -0.39 is 6.04 Å². The molecule has 1 unspecified atom stereocenters. The predicted molar refractivity (Wildman–Crippen MR) is 106 cm³/mol. The van der Waals surface area contributed by atoms with Crippen LogP contribution in [-0.2, 0) is 6.54 Å². The van der Waals surface area contributed by atoms with Crippen LogP contribution < -0.4 is 20.9 Å². The summed E-state index contributed by atoms with van der Waals surface area (Å²) in [6.45, 7) is 1.52. The largest absolute Gasteiger partial charge is 0.480 e. The number of aromatic nitrogens is 4. The lowest BCUT2D eigenvalue weighted by molar-refractivity contribution is 0.0930. The average Bonchev–Trinajstić information content (AvgIpc) is 2.97. The Morgan fingerprint density at radius 3 is 2.90 bits per heavy atom. The van der Waals surface area contributed by atoms with Crippen molar-refractivity contribution in [1.82, 2.24) is 30.2 Å². The van der Waals surface area contributed by atoms with Gasteiger partial charge in [-0.25, -0.2) is 9.97 Å². The fraction of sp³-hybridized carbons (Fsp3) is 0.250. The van der Waals surface area contributed by atoms with E-state index in [1.165, 1.54) is 13.2 Å². The summed E-state index contributed by atoms with van der Waals surface area (Å²) in [6, 6.07) is 7.90. The molecule has 4 heterocycles. The van der Waals surface area contributed by atoms with E-state index in [0.717, 1.165) is 5.56 Å². The molecule has 3 aromatic rings. The molecule has 1 aliphatic heterocycles. The lowest BCUT2D eigenvalue weighted by atomic mass is 10.1. The van der Waals surface area contributed by atoms with Gasteiger partial charge >= 0.3 is 0 Å². The molecule has 3 aromatic heterocycles. The smallest absolute Gasteiger partial charge is 0.257 e. The third-order valence-electron chi connectivity index (χ3n) is 4.70. The maximum atomic E-state index is 12.9. The number of hydrogen-bond acceptors (Lipinski definition) is 7. The minimum atomic E-state index is -0.496. The van der Waals surface area contributed by atoms with Crippen molar-refractivity contribution in [2.75, 3.05) is 20.2 Å². The van der Waals surface area contributed by atoms with Crippen LogP contribution in [0.4, 0.5) is 0 Å².